The Balaban J connectivity index is 1.88. The second kappa shape index (κ2) is 6.26. The summed E-state index contributed by atoms with van der Waals surface area (Å²) in [6, 6.07) is 8.43. The number of amides is 1. The van der Waals surface area contributed by atoms with Gasteiger partial charge in [0.25, 0.3) is 0 Å². The summed E-state index contributed by atoms with van der Waals surface area (Å²) in [7, 11) is 0. The lowest BCUT2D eigenvalue weighted by atomic mass is 9.83. The second-order valence-corrected chi connectivity index (χ2v) is 4.68. The minimum Gasteiger partial charge on any atom is -0.355 e. The van der Waals surface area contributed by atoms with Gasteiger partial charge in [0.1, 0.15) is 0 Å². The van der Waals surface area contributed by atoms with Crippen LogP contribution >= 0.6 is 0 Å². The highest BCUT2D eigenvalue weighted by Crippen LogP contribution is 2.25. The number of nitrogens with one attached hydrogen (secondary N) is 1. The predicted molar refractivity (Wildman–Crippen MR) is 73.0 cm³/mol. The van der Waals surface area contributed by atoms with Crippen molar-refractivity contribution in [2.45, 2.75) is 32.6 Å². The first-order valence-electron chi connectivity index (χ1n) is 6.55. The zero-order chi connectivity index (χ0) is 12.8. The summed E-state index contributed by atoms with van der Waals surface area (Å²) in [4.78, 5) is 12.0. The molecule has 2 nitrogen and oxygen atoms in total. The molecule has 0 aliphatic heterocycles. The van der Waals surface area contributed by atoms with Gasteiger partial charge < -0.3 is 5.32 Å². The van der Waals surface area contributed by atoms with E-state index in [0.29, 0.717) is 6.54 Å². The predicted octanol–water partition coefficient (Wildman–Crippen LogP) is 2.32. The van der Waals surface area contributed by atoms with Gasteiger partial charge >= 0.3 is 0 Å². The van der Waals surface area contributed by atoms with E-state index in [0.717, 1.165) is 25.7 Å². The monoisotopic (exact) mass is 241 g/mol. The maximum absolute atomic E-state index is 12.0. The molecule has 94 valence electrons. The quantitative estimate of drug-likeness (QED) is 0.638. The molecule has 1 aromatic rings. The van der Waals surface area contributed by atoms with Crippen LogP contribution in [0, 0.1) is 17.8 Å². The SMILES string of the molecule is CC#CCCNC(=O)C1CCc2ccccc2C1. The number of carbonyl (C=O) groups is 1. The number of aryl methyl sites for hydroxylation is 1. The molecule has 2 heteroatoms. The first-order valence-corrected chi connectivity index (χ1v) is 6.55. The molecule has 1 amide bonds. The Labute approximate surface area is 109 Å². The van der Waals surface area contributed by atoms with E-state index in [-0.39, 0.29) is 11.8 Å². The molecule has 2 rings (SSSR count). The van der Waals surface area contributed by atoms with Gasteiger partial charge in [-0.15, -0.1) is 11.8 Å². The molecular formula is C16H19NO. The first-order chi connectivity index (χ1) is 8.81. The van der Waals surface area contributed by atoms with E-state index < -0.39 is 0 Å². The minimum absolute atomic E-state index is 0.134. The third-order valence-corrected chi connectivity index (χ3v) is 3.44. The standard InChI is InChI=1S/C16H19NO/c1-2-3-6-11-17-16(18)15-10-9-13-7-4-5-8-14(13)12-15/h4-5,7-8,15H,6,9-12H2,1H3,(H,17,18). The van der Waals surface area contributed by atoms with Crippen LogP contribution in [-0.2, 0) is 17.6 Å². The van der Waals surface area contributed by atoms with Crippen molar-refractivity contribution in [3.05, 3.63) is 35.4 Å². The van der Waals surface area contributed by atoms with E-state index >= 15 is 0 Å². The van der Waals surface area contributed by atoms with Gasteiger partial charge in [-0.25, -0.2) is 0 Å². The van der Waals surface area contributed by atoms with E-state index in [1.54, 1.807) is 0 Å². The third kappa shape index (κ3) is 3.13. The van der Waals surface area contributed by atoms with Crippen molar-refractivity contribution in [3.8, 4) is 11.8 Å². The number of hydrogen-bond acceptors (Lipinski definition) is 1. The summed E-state index contributed by atoms with van der Waals surface area (Å²) in [5.41, 5.74) is 2.73. The second-order valence-electron chi connectivity index (χ2n) is 4.68. The van der Waals surface area contributed by atoms with Gasteiger partial charge in [-0.1, -0.05) is 24.3 Å². The molecule has 1 aliphatic rings. The minimum atomic E-state index is 0.134. The molecule has 1 unspecified atom stereocenters. The molecule has 0 fully saturated rings. The molecule has 0 aromatic heterocycles. The van der Waals surface area contributed by atoms with Crippen molar-refractivity contribution in [1.29, 1.82) is 0 Å². The number of benzene rings is 1. The average Bonchev–Trinajstić information content (AvgIpc) is 2.43. The number of fused-ring (bicyclic) bond motifs is 1. The number of rotatable bonds is 3. The maximum atomic E-state index is 12.0. The Kier molecular flexibility index (Phi) is 4.41. The molecule has 0 spiro atoms. The van der Waals surface area contributed by atoms with Crippen molar-refractivity contribution in [2.24, 2.45) is 5.92 Å². The molecule has 0 bridgehead atoms. The van der Waals surface area contributed by atoms with Gasteiger partial charge in [0, 0.05) is 18.9 Å². The Morgan fingerprint density at radius 3 is 2.94 bits per heavy atom. The third-order valence-electron chi connectivity index (χ3n) is 3.44. The average molecular weight is 241 g/mol. The van der Waals surface area contributed by atoms with Gasteiger partial charge in [0.15, 0.2) is 0 Å². The largest absolute Gasteiger partial charge is 0.355 e. The van der Waals surface area contributed by atoms with Crippen LogP contribution in [0.1, 0.15) is 30.9 Å². The highest BCUT2D eigenvalue weighted by Gasteiger charge is 2.23. The molecule has 1 atom stereocenters. The fraction of sp³-hybridized carbons (Fsp3) is 0.438. The van der Waals surface area contributed by atoms with E-state index in [1.807, 2.05) is 6.92 Å². The van der Waals surface area contributed by atoms with Gasteiger partial charge in [-0.05, 0) is 37.3 Å². The molecule has 1 aliphatic carbocycles. The summed E-state index contributed by atoms with van der Waals surface area (Å²) in [6.45, 7) is 2.48. The summed E-state index contributed by atoms with van der Waals surface area (Å²) >= 11 is 0. The van der Waals surface area contributed by atoms with Gasteiger partial charge in [0.05, 0.1) is 0 Å². The normalized spacial score (nSPS) is 17.3. The highest BCUT2D eigenvalue weighted by molar-refractivity contribution is 5.79. The summed E-state index contributed by atoms with van der Waals surface area (Å²) in [6.07, 6.45) is 3.60. The van der Waals surface area contributed by atoms with Crippen molar-refractivity contribution in [2.75, 3.05) is 6.54 Å². The number of carbonyl (C=O) groups excluding carboxylic acids is 1. The Bertz CT molecular complexity index is 481. The van der Waals surface area contributed by atoms with E-state index in [4.69, 9.17) is 0 Å². The zero-order valence-corrected chi connectivity index (χ0v) is 10.8. The van der Waals surface area contributed by atoms with Gasteiger partial charge in [-0.3, -0.25) is 4.79 Å². The van der Waals surface area contributed by atoms with E-state index in [2.05, 4.69) is 41.4 Å². The smallest absolute Gasteiger partial charge is 0.223 e. The van der Waals surface area contributed by atoms with Crippen LogP contribution in [0.4, 0.5) is 0 Å². The van der Waals surface area contributed by atoms with Crippen molar-refractivity contribution in [1.82, 2.24) is 5.32 Å². The van der Waals surface area contributed by atoms with E-state index in [1.165, 1.54) is 11.1 Å². The van der Waals surface area contributed by atoms with E-state index in [9.17, 15) is 4.79 Å². The van der Waals surface area contributed by atoms with Crippen molar-refractivity contribution >= 4 is 5.91 Å². The van der Waals surface area contributed by atoms with Crippen LogP contribution in [0.5, 0.6) is 0 Å². The molecule has 0 heterocycles. The van der Waals surface area contributed by atoms with Crippen LogP contribution in [0.25, 0.3) is 0 Å². The molecule has 18 heavy (non-hydrogen) atoms. The van der Waals surface area contributed by atoms with Crippen LogP contribution in [0.2, 0.25) is 0 Å². The van der Waals surface area contributed by atoms with Crippen LogP contribution in [-0.4, -0.2) is 12.5 Å². The summed E-state index contributed by atoms with van der Waals surface area (Å²) in [5.74, 6) is 6.11. The number of hydrogen-bond donors (Lipinski definition) is 1. The molecule has 0 saturated carbocycles. The lowest BCUT2D eigenvalue weighted by Crippen LogP contribution is -2.34. The summed E-state index contributed by atoms with van der Waals surface area (Å²) in [5, 5.41) is 2.98. The fourth-order valence-electron chi connectivity index (χ4n) is 2.44. The topological polar surface area (TPSA) is 29.1 Å². The molecule has 0 radical (unpaired) electrons. The van der Waals surface area contributed by atoms with Crippen LogP contribution in [0.3, 0.4) is 0 Å². The Hall–Kier alpha value is -1.75. The van der Waals surface area contributed by atoms with Crippen LogP contribution < -0.4 is 5.32 Å². The fourth-order valence-corrected chi connectivity index (χ4v) is 2.44. The van der Waals surface area contributed by atoms with Gasteiger partial charge in [0.2, 0.25) is 5.91 Å². The molecule has 0 saturated heterocycles. The zero-order valence-electron chi connectivity index (χ0n) is 10.8. The molecule has 1 aromatic carbocycles. The molecule has 1 N–H and O–H groups in total. The lowest BCUT2D eigenvalue weighted by Gasteiger charge is -2.23. The van der Waals surface area contributed by atoms with Crippen molar-refractivity contribution in [3.63, 3.8) is 0 Å². The van der Waals surface area contributed by atoms with Crippen molar-refractivity contribution < 1.29 is 4.79 Å². The van der Waals surface area contributed by atoms with Crippen LogP contribution in [0.15, 0.2) is 24.3 Å². The molecular weight excluding hydrogens is 222 g/mol. The lowest BCUT2D eigenvalue weighted by molar-refractivity contribution is -0.125. The Morgan fingerprint density at radius 1 is 1.39 bits per heavy atom. The highest BCUT2D eigenvalue weighted by atomic mass is 16.1. The van der Waals surface area contributed by atoms with Gasteiger partial charge in [-0.2, -0.15) is 0 Å². The first kappa shape index (κ1) is 12.7. The summed E-state index contributed by atoms with van der Waals surface area (Å²) < 4.78 is 0. The Morgan fingerprint density at radius 2 is 2.17 bits per heavy atom. The maximum Gasteiger partial charge on any atom is 0.223 e.